The van der Waals surface area contributed by atoms with Crippen molar-refractivity contribution >= 4 is 0 Å². The molecule has 0 aromatic carbocycles. The summed E-state index contributed by atoms with van der Waals surface area (Å²) < 4.78 is 5.43. The standard InChI is InChI=1S/C13H28N2O/c1-13(2,3)5-6-14-7-9-15-8-4-11-16-12-10-15/h14H,4-12H2,1-3H3. The topological polar surface area (TPSA) is 24.5 Å². The quantitative estimate of drug-likeness (QED) is 0.725. The van der Waals surface area contributed by atoms with E-state index in [1.807, 2.05) is 0 Å². The molecule has 1 N–H and O–H groups in total. The second-order valence-corrected chi connectivity index (χ2v) is 5.87. The monoisotopic (exact) mass is 228 g/mol. The van der Waals surface area contributed by atoms with Gasteiger partial charge in [-0.15, -0.1) is 0 Å². The Morgan fingerprint density at radius 1 is 1.12 bits per heavy atom. The molecule has 0 saturated carbocycles. The van der Waals surface area contributed by atoms with Crippen LogP contribution < -0.4 is 5.32 Å². The fourth-order valence-corrected chi connectivity index (χ4v) is 1.85. The van der Waals surface area contributed by atoms with Crippen LogP contribution in [0.5, 0.6) is 0 Å². The summed E-state index contributed by atoms with van der Waals surface area (Å²) in [4.78, 5) is 2.50. The van der Waals surface area contributed by atoms with E-state index in [-0.39, 0.29) is 0 Å². The molecule has 1 rings (SSSR count). The molecule has 0 aromatic rings. The molecule has 1 saturated heterocycles. The normalized spacial score (nSPS) is 19.7. The first-order valence-corrected chi connectivity index (χ1v) is 6.59. The third kappa shape index (κ3) is 7.20. The molecule has 1 heterocycles. The minimum Gasteiger partial charge on any atom is -0.380 e. The molecule has 1 aliphatic rings. The summed E-state index contributed by atoms with van der Waals surface area (Å²) in [5.41, 5.74) is 0.448. The maximum absolute atomic E-state index is 5.43. The Hall–Kier alpha value is -0.120. The first-order valence-electron chi connectivity index (χ1n) is 6.59. The Labute approximate surface area is 101 Å². The fraction of sp³-hybridized carbons (Fsp3) is 1.00. The van der Waals surface area contributed by atoms with Crippen LogP contribution in [0.2, 0.25) is 0 Å². The van der Waals surface area contributed by atoms with E-state index >= 15 is 0 Å². The number of ether oxygens (including phenoxy) is 1. The molecule has 16 heavy (non-hydrogen) atoms. The summed E-state index contributed by atoms with van der Waals surface area (Å²) in [5, 5.41) is 3.53. The predicted octanol–water partition coefficient (Wildman–Crippen LogP) is 1.73. The number of nitrogens with one attached hydrogen (secondary N) is 1. The Morgan fingerprint density at radius 2 is 1.94 bits per heavy atom. The molecular formula is C13H28N2O. The van der Waals surface area contributed by atoms with Crippen LogP contribution in [0.15, 0.2) is 0 Å². The Kier molecular flexibility index (Phi) is 6.32. The van der Waals surface area contributed by atoms with Crippen LogP contribution in [0.25, 0.3) is 0 Å². The highest BCUT2D eigenvalue weighted by Crippen LogP contribution is 2.16. The van der Waals surface area contributed by atoms with E-state index < -0.39 is 0 Å². The lowest BCUT2D eigenvalue weighted by Crippen LogP contribution is -2.34. The predicted molar refractivity (Wildman–Crippen MR) is 68.8 cm³/mol. The lowest BCUT2D eigenvalue weighted by molar-refractivity contribution is 0.141. The van der Waals surface area contributed by atoms with E-state index in [4.69, 9.17) is 4.74 Å². The van der Waals surface area contributed by atoms with Gasteiger partial charge < -0.3 is 10.1 Å². The first-order chi connectivity index (χ1) is 7.58. The highest BCUT2D eigenvalue weighted by atomic mass is 16.5. The highest BCUT2D eigenvalue weighted by Gasteiger charge is 2.10. The maximum Gasteiger partial charge on any atom is 0.0593 e. The van der Waals surface area contributed by atoms with E-state index in [0.717, 1.165) is 39.4 Å². The lowest BCUT2D eigenvalue weighted by Gasteiger charge is -2.21. The molecule has 0 radical (unpaired) electrons. The van der Waals surface area contributed by atoms with Gasteiger partial charge in [0, 0.05) is 32.8 Å². The molecule has 0 atom stereocenters. The molecule has 1 aliphatic heterocycles. The van der Waals surface area contributed by atoms with Gasteiger partial charge >= 0.3 is 0 Å². The van der Waals surface area contributed by atoms with E-state index in [1.54, 1.807) is 0 Å². The van der Waals surface area contributed by atoms with Crippen molar-refractivity contribution in [3.63, 3.8) is 0 Å². The Balaban J connectivity index is 1.97. The minimum absolute atomic E-state index is 0.448. The van der Waals surface area contributed by atoms with Crippen LogP contribution in [0.3, 0.4) is 0 Å². The van der Waals surface area contributed by atoms with Gasteiger partial charge in [0.1, 0.15) is 0 Å². The van der Waals surface area contributed by atoms with Gasteiger partial charge in [-0.05, 0) is 24.8 Å². The van der Waals surface area contributed by atoms with Crippen LogP contribution in [-0.2, 0) is 4.74 Å². The van der Waals surface area contributed by atoms with Gasteiger partial charge in [0.15, 0.2) is 0 Å². The molecule has 1 fully saturated rings. The molecule has 3 heteroatoms. The minimum atomic E-state index is 0.448. The van der Waals surface area contributed by atoms with Gasteiger partial charge in [0.05, 0.1) is 6.61 Å². The molecule has 0 aliphatic carbocycles. The van der Waals surface area contributed by atoms with E-state index in [9.17, 15) is 0 Å². The average Bonchev–Trinajstić information content (AvgIpc) is 2.44. The molecule has 96 valence electrons. The van der Waals surface area contributed by atoms with Gasteiger partial charge in [-0.1, -0.05) is 20.8 Å². The zero-order valence-electron chi connectivity index (χ0n) is 11.2. The third-order valence-corrected chi connectivity index (χ3v) is 2.97. The van der Waals surface area contributed by atoms with Crippen LogP contribution in [0, 0.1) is 5.41 Å². The van der Waals surface area contributed by atoms with E-state index in [1.165, 1.54) is 19.4 Å². The van der Waals surface area contributed by atoms with Crippen molar-refractivity contribution in [2.45, 2.75) is 33.6 Å². The van der Waals surface area contributed by atoms with E-state index in [2.05, 4.69) is 31.0 Å². The zero-order chi connectivity index (χ0) is 11.9. The van der Waals surface area contributed by atoms with Gasteiger partial charge in [0.2, 0.25) is 0 Å². The second kappa shape index (κ2) is 7.25. The fourth-order valence-electron chi connectivity index (χ4n) is 1.85. The maximum atomic E-state index is 5.43. The van der Waals surface area contributed by atoms with Crippen LogP contribution in [0.1, 0.15) is 33.6 Å². The van der Waals surface area contributed by atoms with Crippen LogP contribution in [0.4, 0.5) is 0 Å². The number of hydrogen-bond donors (Lipinski definition) is 1. The van der Waals surface area contributed by atoms with Crippen molar-refractivity contribution in [3.8, 4) is 0 Å². The first kappa shape index (κ1) is 13.9. The van der Waals surface area contributed by atoms with Crippen molar-refractivity contribution < 1.29 is 4.74 Å². The average molecular weight is 228 g/mol. The summed E-state index contributed by atoms with van der Waals surface area (Å²) in [6.45, 7) is 14.4. The third-order valence-electron chi connectivity index (χ3n) is 2.97. The van der Waals surface area contributed by atoms with Crippen LogP contribution >= 0.6 is 0 Å². The summed E-state index contributed by atoms with van der Waals surface area (Å²) in [5.74, 6) is 0. The molecule has 0 unspecified atom stereocenters. The number of nitrogens with zero attached hydrogens (tertiary/aromatic N) is 1. The van der Waals surface area contributed by atoms with Crippen molar-refractivity contribution in [1.82, 2.24) is 10.2 Å². The molecule has 0 aromatic heterocycles. The molecule has 3 nitrogen and oxygen atoms in total. The number of hydrogen-bond acceptors (Lipinski definition) is 3. The van der Waals surface area contributed by atoms with Gasteiger partial charge in [-0.2, -0.15) is 0 Å². The summed E-state index contributed by atoms with van der Waals surface area (Å²) in [6, 6.07) is 0. The largest absolute Gasteiger partial charge is 0.380 e. The zero-order valence-corrected chi connectivity index (χ0v) is 11.2. The van der Waals surface area contributed by atoms with Gasteiger partial charge in [-0.25, -0.2) is 0 Å². The summed E-state index contributed by atoms with van der Waals surface area (Å²) in [6.07, 6.45) is 2.43. The van der Waals surface area contributed by atoms with Crippen molar-refractivity contribution in [3.05, 3.63) is 0 Å². The molecular weight excluding hydrogens is 200 g/mol. The summed E-state index contributed by atoms with van der Waals surface area (Å²) in [7, 11) is 0. The molecule has 0 spiro atoms. The van der Waals surface area contributed by atoms with Gasteiger partial charge in [0.25, 0.3) is 0 Å². The highest BCUT2D eigenvalue weighted by molar-refractivity contribution is 4.65. The molecule has 0 bridgehead atoms. The van der Waals surface area contributed by atoms with Crippen LogP contribution in [-0.4, -0.2) is 50.8 Å². The lowest BCUT2D eigenvalue weighted by atomic mass is 9.92. The SMILES string of the molecule is CC(C)(C)CCNCCN1CCCOCC1. The Bertz CT molecular complexity index is 169. The Morgan fingerprint density at radius 3 is 2.69 bits per heavy atom. The number of rotatable bonds is 5. The van der Waals surface area contributed by atoms with E-state index in [0.29, 0.717) is 5.41 Å². The second-order valence-electron chi connectivity index (χ2n) is 5.87. The molecule has 0 amide bonds. The van der Waals surface area contributed by atoms with Crippen molar-refractivity contribution in [2.75, 3.05) is 45.9 Å². The van der Waals surface area contributed by atoms with Crippen molar-refractivity contribution in [2.24, 2.45) is 5.41 Å². The van der Waals surface area contributed by atoms with Crippen molar-refractivity contribution in [1.29, 1.82) is 0 Å². The van der Waals surface area contributed by atoms with Gasteiger partial charge in [-0.3, -0.25) is 4.90 Å². The summed E-state index contributed by atoms with van der Waals surface area (Å²) >= 11 is 0. The smallest absolute Gasteiger partial charge is 0.0593 e.